The van der Waals surface area contributed by atoms with Gasteiger partial charge in [0.25, 0.3) is 0 Å². The van der Waals surface area contributed by atoms with Gasteiger partial charge in [-0.05, 0) is 12.5 Å². The van der Waals surface area contributed by atoms with Crippen LogP contribution >= 0.6 is 11.8 Å². The van der Waals surface area contributed by atoms with Crippen LogP contribution in [0.15, 0.2) is 35.3 Å². The zero-order chi connectivity index (χ0) is 18.7. The number of ether oxygens (including phenoxy) is 1. The molecule has 0 spiro atoms. The maximum absolute atomic E-state index is 11.3. The minimum Gasteiger partial charge on any atom is -0.465 e. The third kappa shape index (κ3) is 4.02. The summed E-state index contributed by atoms with van der Waals surface area (Å²) >= 11 is 1.17. The smallest absolute Gasteiger partial charge is 0.413 e. The summed E-state index contributed by atoms with van der Waals surface area (Å²) in [6.07, 6.45) is -3.90. The highest BCUT2D eigenvalue weighted by Gasteiger charge is 2.49. The van der Waals surface area contributed by atoms with Gasteiger partial charge in [-0.15, -0.1) is 0 Å². The van der Waals surface area contributed by atoms with Gasteiger partial charge in [0.15, 0.2) is 5.17 Å². The van der Waals surface area contributed by atoms with Crippen LogP contribution in [0.25, 0.3) is 0 Å². The van der Waals surface area contributed by atoms with Gasteiger partial charge in [0.2, 0.25) is 0 Å². The topological polar surface area (TPSA) is 115 Å². The SMILES string of the molecule is CCN(C(=O)O)C1=N[C@@H]2[C@@H](O)[C@H](O)[C@@H](CNCc3ccccc3)O[C@@H]2S1. The lowest BCUT2D eigenvalue weighted by atomic mass is 9.98. The summed E-state index contributed by atoms with van der Waals surface area (Å²) in [5, 5.41) is 33.5. The second-order valence-electron chi connectivity index (χ2n) is 6.19. The molecule has 3 rings (SSSR count). The van der Waals surface area contributed by atoms with Crippen LogP contribution < -0.4 is 5.32 Å². The van der Waals surface area contributed by atoms with Crippen LogP contribution in [0, 0.1) is 0 Å². The molecule has 1 aromatic rings. The molecule has 0 saturated carbocycles. The first kappa shape index (κ1) is 19.1. The summed E-state index contributed by atoms with van der Waals surface area (Å²) in [6, 6.07) is 9.16. The molecule has 1 fully saturated rings. The molecular weight excluding hydrogens is 358 g/mol. The van der Waals surface area contributed by atoms with Gasteiger partial charge in [0, 0.05) is 19.6 Å². The van der Waals surface area contributed by atoms with Crippen LogP contribution in [-0.4, -0.2) is 74.4 Å². The Kier molecular flexibility index (Phi) is 6.15. The lowest BCUT2D eigenvalue weighted by molar-refractivity contribution is -0.150. The molecule has 2 aliphatic heterocycles. The fourth-order valence-corrected chi connectivity index (χ4v) is 4.31. The quantitative estimate of drug-likeness (QED) is 0.593. The molecule has 0 unspecified atom stereocenters. The average Bonchev–Trinajstić information content (AvgIpc) is 3.04. The molecular formula is C17H23N3O5S. The Bertz CT molecular complexity index is 659. The molecule has 5 atom stereocenters. The number of amidine groups is 1. The van der Waals surface area contributed by atoms with Gasteiger partial charge in [-0.3, -0.25) is 9.89 Å². The number of carbonyl (C=O) groups is 1. The summed E-state index contributed by atoms with van der Waals surface area (Å²) < 4.78 is 5.89. The second kappa shape index (κ2) is 8.36. The van der Waals surface area contributed by atoms with Crippen molar-refractivity contribution in [1.82, 2.24) is 10.2 Å². The van der Waals surface area contributed by atoms with E-state index in [4.69, 9.17) is 4.74 Å². The Morgan fingerprint density at radius 1 is 1.31 bits per heavy atom. The third-order valence-electron chi connectivity index (χ3n) is 4.45. The van der Waals surface area contributed by atoms with Crippen molar-refractivity contribution in [3.63, 3.8) is 0 Å². The number of hydrogen-bond acceptors (Lipinski definition) is 7. The van der Waals surface area contributed by atoms with E-state index in [-0.39, 0.29) is 6.54 Å². The van der Waals surface area contributed by atoms with Crippen molar-refractivity contribution in [2.24, 2.45) is 4.99 Å². The van der Waals surface area contributed by atoms with E-state index in [1.54, 1.807) is 6.92 Å². The van der Waals surface area contributed by atoms with Crippen LogP contribution in [0.2, 0.25) is 0 Å². The molecule has 26 heavy (non-hydrogen) atoms. The normalized spacial score (nSPS) is 30.6. The monoisotopic (exact) mass is 381 g/mol. The number of benzene rings is 1. The van der Waals surface area contributed by atoms with Crippen molar-refractivity contribution in [1.29, 1.82) is 0 Å². The van der Waals surface area contributed by atoms with Gasteiger partial charge < -0.3 is 25.4 Å². The molecule has 2 aliphatic rings. The Morgan fingerprint density at radius 2 is 2.04 bits per heavy atom. The third-order valence-corrected chi connectivity index (χ3v) is 5.60. The van der Waals surface area contributed by atoms with E-state index in [0.29, 0.717) is 18.3 Å². The van der Waals surface area contributed by atoms with Crippen molar-refractivity contribution in [2.75, 3.05) is 13.1 Å². The molecule has 0 bridgehead atoms. The van der Waals surface area contributed by atoms with Crippen LogP contribution in [0.3, 0.4) is 0 Å². The van der Waals surface area contributed by atoms with E-state index in [0.717, 1.165) is 10.5 Å². The highest BCUT2D eigenvalue weighted by molar-refractivity contribution is 8.14. The highest BCUT2D eigenvalue weighted by Crippen LogP contribution is 2.37. The van der Waals surface area contributed by atoms with E-state index in [1.807, 2.05) is 30.3 Å². The maximum Gasteiger partial charge on any atom is 0.413 e. The highest BCUT2D eigenvalue weighted by atomic mass is 32.2. The minimum atomic E-state index is -1.10. The molecule has 0 radical (unpaired) electrons. The molecule has 9 heteroatoms. The number of nitrogens with zero attached hydrogens (tertiary/aromatic N) is 2. The molecule has 4 N–H and O–H groups in total. The van der Waals surface area contributed by atoms with E-state index in [1.165, 1.54) is 11.8 Å². The number of fused-ring (bicyclic) bond motifs is 1. The number of amides is 1. The Balaban J connectivity index is 1.59. The van der Waals surface area contributed by atoms with Crippen molar-refractivity contribution in [3.8, 4) is 0 Å². The molecule has 8 nitrogen and oxygen atoms in total. The number of aliphatic hydroxyl groups is 2. The van der Waals surface area contributed by atoms with E-state index in [2.05, 4.69) is 10.3 Å². The number of hydrogen-bond donors (Lipinski definition) is 4. The molecule has 1 amide bonds. The second-order valence-corrected chi connectivity index (χ2v) is 7.25. The summed E-state index contributed by atoms with van der Waals surface area (Å²) in [5.41, 5.74) is 0.595. The summed E-state index contributed by atoms with van der Waals surface area (Å²) in [7, 11) is 0. The number of thioether (sulfide) groups is 1. The number of rotatable bonds is 5. The molecule has 1 aromatic carbocycles. The summed E-state index contributed by atoms with van der Waals surface area (Å²) in [5.74, 6) is 0. The zero-order valence-electron chi connectivity index (χ0n) is 14.4. The first-order valence-electron chi connectivity index (χ1n) is 8.52. The summed E-state index contributed by atoms with van der Waals surface area (Å²) in [4.78, 5) is 16.6. The number of nitrogens with one attached hydrogen (secondary N) is 1. The minimum absolute atomic E-state index is 0.251. The zero-order valence-corrected chi connectivity index (χ0v) is 15.2. The van der Waals surface area contributed by atoms with Crippen LogP contribution in [0.5, 0.6) is 0 Å². The van der Waals surface area contributed by atoms with Gasteiger partial charge >= 0.3 is 6.09 Å². The van der Waals surface area contributed by atoms with E-state index >= 15 is 0 Å². The van der Waals surface area contributed by atoms with Crippen LogP contribution in [0.4, 0.5) is 4.79 Å². The number of aliphatic hydroxyl groups excluding tert-OH is 2. The number of aliphatic imine (C=N–C) groups is 1. The van der Waals surface area contributed by atoms with Crippen molar-refractivity contribution < 1.29 is 24.9 Å². The number of carboxylic acid groups (broad SMARTS) is 1. The van der Waals surface area contributed by atoms with Gasteiger partial charge in [0.1, 0.15) is 29.8 Å². The van der Waals surface area contributed by atoms with Crippen LogP contribution in [-0.2, 0) is 11.3 Å². The molecule has 1 saturated heterocycles. The first-order chi connectivity index (χ1) is 12.5. The fourth-order valence-electron chi connectivity index (χ4n) is 3.02. The predicted octanol–water partition coefficient (Wildman–Crippen LogP) is 0.694. The van der Waals surface area contributed by atoms with Gasteiger partial charge in [-0.25, -0.2) is 4.79 Å². The summed E-state index contributed by atoms with van der Waals surface area (Å²) in [6.45, 7) is 2.95. The van der Waals surface area contributed by atoms with Gasteiger partial charge in [0.05, 0.1) is 0 Å². The fraction of sp³-hybridized carbons (Fsp3) is 0.529. The Hall–Kier alpha value is -1.65. The van der Waals surface area contributed by atoms with Crippen molar-refractivity contribution >= 4 is 23.0 Å². The molecule has 142 valence electrons. The lowest BCUT2D eigenvalue weighted by Gasteiger charge is -2.38. The van der Waals surface area contributed by atoms with Gasteiger partial charge in [-0.1, -0.05) is 42.1 Å². The predicted molar refractivity (Wildman–Crippen MR) is 98.0 cm³/mol. The van der Waals surface area contributed by atoms with Crippen molar-refractivity contribution in [2.45, 2.75) is 43.3 Å². The van der Waals surface area contributed by atoms with E-state index < -0.39 is 35.9 Å². The lowest BCUT2D eigenvalue weighted by Crippen LogP contribution is -2.57. The standard InChI is InChI=1S/C17H23N3O5S/c1-2-20(17(23)24)16-19-12-14(22)13(21)11(25-15(12)26-16)9-18-8-10-6-4-3-5-7-10/h3-7,11-15,18,21-22H,2,8-9H2,1H3,(H,23,24)/t11-,12-,13-,14-,15-/m1/s1. The Labute approximate surface area is 155 Å². The molecule has 0 aliphatic carbocycles. The molecule has 0 aromatic heterocycles. The molecule has 2 heterocycles. The van der Waals surface area contributed by atoms with Crippen molar-refractivity contribution in [3.05, 3.63) is 35.9 Å². The largest absolute Gasteiger partial charge is 0.465 e. The first-order valence-corrected chi connectivity index (χ1v) is 9.40. The maximum atomic E-state index is 11.3. The average molecular weight is 381 g/mol. The Morgan fingerprint density at radius 3 is 2.69 bits per heavy atom. The van der Waals surface area contributed by atoms with Gasteiger partial charge in [-0.2, -0.15) is 0 Å². The van der Waals surface area contributed by atoms with Crippen LogP contribution in [0.1, 0.15) is 12.5 Å². The van der Waals surface area contributed by atoms with E-state index in [9.17, 15) is 20.1 Å².